The molecular weight excluding hydrogens is 290 g/mol. The molecule has 0 aliphatic heterocycles. The number of ether oxygens (including phenoxy) is 1. The molecule has 4 heteroatoms. The van der Waals surface area contributed by atoms with Gasteiger partial charge in [0.05, 0.1) is 7.11 Å². The smallest absolute Gasteiger partial charge is 0.223 e. The van der Waals surface area contributed by atoms with Crippen LogP contribution in [0.25, 0.3) is 22.4 Å². The summed E-state index contributed by atoms with van der Waals surface area (Å²) in [5.74, 6) is 1.53. The second-order valence-corrected chi connectivity index (χ2v) is 5.05. The van der Waals surface area contributed by atoms with Gasteiger partial charge in [-0.05, 0) is 42.8 Å². The van der Waals surface area contributed by atoms with Gasteiger partial charge in [-0.15, -0.1) is 0 Å². The maximum atomic E-state index is 9.92. The number of hydrogen-bond donors (Lipinski definition) is 1. The minimum Gasteiger partial charge on any atom is -0.507 e. The van der Waals surface area contributed by atoms with Crippen molar-refractivity contribution in [3.8, 4) is 0 Å². The predicted molar refractivity (Wildman–Crippen MR) is 91.6 cm³/mol. The number of benzene rings is 1. The van der Waals surface area contributed by atoms with Crippen LogP contribution >= 0.6 is 0 Å². The number of aliphatic hydroxyl groups excluding tert-OH is 1. The summed E-state index contributed by atoms with van der Waals surface area (Å²) < 4.78 is 11.0. The Morgan fingerprint density at radius 3 is 3.09 bits per heavy atom. The Hall–Kier alpha value is -3.01. The van der Waals surface area contributed by atoms with Crippen LogP contribution in [0.4, 0.5) is 0 Å². The highest BCUT2D eigenvalue weighted by Gasteiger charge is 2.12. The van der Waals surface area contributed by atoms with E-state index in [0.29, 0.717) is 29.0 Å². The van der Waals surface area contributed by atoms with Crippen molar-refractivity contribution in [1.82, 2.24) is 4.98 Å². The van der Waals surface area contributed by atoms with Gasteiger partial charge < -0.3 is 14.3 Å². The Balaban J connectivity index is 1.96. The summed E-state index contributed by atoms with van der Waals surface area (Å²) in [4.78, 5) is 4.53. The minimum absolute atomic E-state index is 0.149. The Bertz CT molecular complexity index is 866. The largest absolute Gasteiger partial charge is 0.507 e. The normalized spacial score (nSPS) is 15.1. The number of aromatic nitrogens is 1. The fourth-order valence-corrected chi connectivity index (χ4v) is 2.35. The lowest BCUT2D eigenvalue weighted by molar-refractivity contribution is 0.306. The molecule has 2 aromatic rings. The molecule has 3 rings (SSSR count). The molecule has 4 nitrogen and oxygen atoms in total. The quantitative estimate of drug-likeness (QED) is 0.652. The highest BCUT2D eigenvalue weighted by Crippen LogP contribution is 2.27. The Labute approximate surface area is 134 Å². The first-order chi connectivity index (χ1) is 11.2. The highest BCUT2D eigenvalue weighted by atomic mass is 16.5. The van der Waals surface area contributed by atoms with E-state index in [4.69, 9.17) is 9.15 Å². The van der Waals surface area contributed by atoms with Crippen molar-refractivity contribution in [1.29, 1.82) is 0 Å². The van der Waals surface area contributed by atoms with Gasteiger partial charge >= 0.3 is 0 Å². The van der Waals surface area contributed by atoms with Crippen LogP contribution in [-0.4, -0.2) is 17.2 Å². The van der Waals surface area contributed by atoms with Crippen molar-refractivity contribution in [3.05, 3.63) is 78.4 Å². The molecule has 1 aliphatic rings. The van der Waals surface area contributed by atoms with E-state index < -0.39 is 0 Å². The SMILES string of the molecule is C=C/C=C(\O)c1ccc2oc(C3=CC=CC(OC)=CC3)nc2c1. The number of aliphatic hydroxyl groups is 1. The van der Waals surface area contributed by atoms with E-state index in [9.17, 15) is 5.11 Å². The predicted octanol–water partition coefficient (Wildman–Crippen LogP) is 4.79. The summed E-state index contributed by atoms with van der Waals surface area (Å²) in [7, 11) is 1.64. The van der Waals surface area contributed by atoms with Crippen LogP contribution in [0, 0.1) is 0 Å². The first-order valence-corrected chi connectivity index (χ1v) is 7.25. The van der Waals surface area contributed by atoms with E-state index in [0.717, 1.165) is 11.3 Å². The topological polar surface area (TPSA) is 55.5 Å². The van der Waals surface area contributed by atoms with Gasteiger partial charge in [0.2, 0.25) is 5.89 Å². The molecule has 0 unspecified atom stereocenters. The molecule has 1 aliphatic carbocycles. The number of hydrogen-bond acceptors (Lipinski definition) is 4. The minimum atomic E-state index is 0.149. The van der Waals surface area contributed by atoms with Crippen LogP contribution in [0.15, 0.2) is 71.4 Å². The molecule has 1 aromatic carbocycles. The van der Waals surface area contributed by atoms with Crippen LogP contribution in [0.3, 0.4) is 0 Å². The molecule has 116 valence electrons. The maximum Gasteiger partial charge on any atom is 0.223 e. The van der Waals surface area contributed by atoms with Gasteiger partial charge in [-0.25, -0.2) is 4.98 Å². The van der Waals surface area contributed by atoms with E-state index in [1.807, 2.05) is 24.3 Å². The number of fused-ring (bicyclic) bond motifs is 1. The fraction of sp³-hybridized carbons (Fsp3) is 0.105. The van der Waals surface area contributed by atoms with E-state index in [1.54, 1.807) is 25.3 Å². The molecule has 1 N–H and O–H groups in total. The van der Waals surface area contributed by atoms with Gasteiger partial charge in [0.1, 0.15) is 17.0 Å². The van der Waals surface area contributed by atoms with E-state index >= 15 is 0 Å². The van der Waals surface area contributed by atoms with Gasteiger partial charge in [0, 0.05) is 11.1 Å². The van der Waals surface area contributed by atoms with Crippen molar-refractivity contribution < 1.29 is 14.3 Å². The highest BCUT2D eigenvalue weighted by molar-refractivity contribution is 5.80. The molecule has 1 aromatic heterocycles. The van der Waals surface area contributed by atoms with Gasteiger partial charge in [-0.2, -0.15) is 0 Å². The zero-order valence-electron chi connectivity index (χ0n) is 12.8. The number of rotatable bonds is 4. The summed E-state index contributed by atoms with van der Waals surface area (Å²) in [6.45, 7) is 3.58. The molecule has 1 heterocycles. The monoisotopic (exact) mass is 307 g/mol. The number of allylic oxidation sites excluding steroid dienone is 7. The molecule has 0 atom stereocenters. The fourth-order valence-electron chi connectivity index (χ4n) is 2.35. The lowest BCUT2D eigenvalue weighted by Gasteiger charge is -1.98. The van der Waals surface area contributed by atoms with Crippen molar-refractivity contribution >= 4 is 22.4 Å². The zero-order chi connectivity index (χ0) is 16.2. The number of nitrogens with zero attached hydrogens (tertiary/aromatic N) is 1. The second-order valence-electron chi connectivity index (χ2n) is 5.05. The van der Waals surface area contributed by atoms with E-state index in [2.05, 4.69) is 11.6 Å². The Morgan fingerprint density at radius 2 is 2.30 bits per heavy atom. The molecular formula is C19H17NO3. The molecule has 0 bridgehead atoms. The molecule has 0 saturated carbocycles. The third-order valence-electron chi connectivity index (χ3n) is 3.55. The van der Waals surface area contributed by atoms with Crippen LogP contribution in [-0.2, 0) is 4.74 Å². The lowest BCUT2D eigenvalue weighted by atomic mass is 10.1. The summed E-state index contributed by atoms with van der Waals surface area (Å²) in [5.41, 5.74) is 3.03. The average molecular weight is 307 g/mol. The standard InChI is InChI=1S/C19H17NO3/c1-3-5-17(21)14-9-11-18-16(12-14)20-19(23-18)13-6-4-7-15(22-2)10-8-13/h3-7,9-12,21H,1,8H2,2H3/b17-5-. The third-order valence-corrected chi connectivity index (χ3v) is 3.55. The van der Waals surface area contributed by atoms with Crippen molar-refractivity contribution in [2.24, 2.45) is 0 Å². The molecule has 0 radical (unpaired) electrons. The van der Waals surface area contributed by atoms with Crippen LogP contribution < -0.4 is 0 Å². The van der Waals surface area contributed by atoms with Crippen LogP contribution in [0.2, 0.25) is 0 Å². The number of methoxy groups -OCH3 is 1. The Kier molecular flexibility index (Phi) is 4.15. The maximum absolute atomic E-state index is 9.92. The van der Waals surface area contributed by atoms with E-state index in [-0.39, 0.29) is 5.76 Å². The van der Waals surface area contributed by atoms with Crippen LogP contribution in [0.5, 0.6) is 0 Å². The van der Waals surface area contributed by atoms with Crippen LogP contribution in [0.1, 0.15) is 17.9 Å². The molecule has 0 spiro atoms. The van der Waals surface area contributed by atoms with Crippen molar-refractivity contribution in [2.75, 3.05) is 7.11 Å². The molecule has 0 saturated heterocycles. The second kappa shape index (κ2) is 6.40. The van der Waals surface area contributed by atoms with Gasteiger partial charge in [-0.3, -0.25) is 0 Å². The van der Waals surface area contributed by atoms with Gasteiger partial charge in [0.25, 0.3) is 0 Å². The summed E-state index contributed by atoms with van der Waals surface area (Å²) >= 11 is 0. The third kappa shape index (κ3) is 3.11. The summed E-state index contributed by atoms with van der Waals surface area (Å²) in [6.07, 6.45) is 11.5. The molecule has 23 heavy (non-hydrogen) atoms. The van der Waals surface area contributed by atoms with Crippen molar-refractivity contribution in [2.45, 2.75) is 6.42 Å². The zero-order valence-corrected chi connectivity index (χ0v) is 12.8. The summed E-state index contributed by atoms with van der Waals surface area (Å²) in [6, 6.07) is 5.38. The molecule has 0 fully saturated rings. The summed E-state index contributed by atoms with van der Waals surface area (Å²) in [5, 5.41) is 9.92. The van der Waals surface area contributed by atoms with Gasteiger partial charge in [0.15, 0.2) is 5.58 Å². The first-order valence-electron chi connectivity index (χ1n) is 7.25. The first kappa shape index (κ1) is 14.9. The van der Waals surface area contributed by atoms with Crippen molar-refractivity contribution in [3.63, 3.8) is 0 Å². The van der Waals surface area contributed by atoms with E-state index in [1.165, 1.54) is 12.2 Å². The lowest BCUT2D eigenvalue weighted by Crippen LogP contribution is -1.84. The van der Waals surface area contributed by atoms with Gasteiger partial charge in [-0.1, -0.05) is 24.8 Å². The average Bonchev–Trinajstić information content (AvgIpc) is 2.83. The number of oxazole rings is 1. The Morgan fingerprint density at radius 1 is 1.43 bits per heavy atom. The molecule has 0 amide bonds.